The largest absolute Gasteiger partial charge is 0.381 e. The van der Waals surface area contributed by atoms with Gasteiger partial charge in [0.25, 0.3) is 10.0 Å². The Bertz CT molecular complexity index is 448. The summed E-state index contributed by atoms with van der Waals surface area (Å²) in [4.78, 5) is 3.77. The van der Waals surface area contributed by atoms with Crippen LogP contribution in [0.25, 0.3) is 0 Å². The molecular formula is C9H15N3O3S. The average Bonchev–Trinajstić information content (AvgIpc) is 2.67. The molecular weight excluding hydrogens is 230 g/mol. The van der Waals surface area contributed by atoms with Gasteiger partial charge in [0.05, 0.1) is 6.33 Å². The van der Waals surface area contributed by atoms with Crippen molar-refractivity contribution < 1.29 is 13.2 Å². The molecule has 1 aromatic heterocycles. The molecule has 0 amide bonds. The van der Waals surface area contributed by atoms with Gasteiger partial charge in [0, 0.05) is 26.0 Å². The SMILES string of the molecule is NS(=O)(=O)c1cn(CC2CCOCC2)cn1. The molecule has 0 aliphatic carbocycles. The van der Waals surface area contributed by atoms with Gasteiger partial charge in [0.2, 0.25) is 0 Å². The van der Waals surface area contributed by atoms with Crippen LogP contribution in [0.3, 0.4) is 0 Å². The molecule has 2 N–H and O–H groups in total. The van der Waals surface area contributed by atoms with Crippen molar-refractivity contribution >= 4 is 10.0 Å². The highest BCUT2D eigenvalue weighted by Crippen LogP contribution is 2.17. The van der Waals surface area contributed by atoms with Crippen molar-refractivity contribution in [3.05, 3.63) is 12.5 Å². The Morgan fingerprint density at radius 3 is 2.75 bits per heavy atom. The van der Waals surface area contributed by atoms with E-state index in [9.17, 15) is 8.42 Å². The Labute approximate surface area is 94.5 Å². The molecule has 0 unspecified atom stereocenters. The number of ether oxygens (including phenoxy) is 1. The monoisotopic (exact) mass is 245 g/mol. The maximum Gasteiger partial charge on any atom is 0.257 e. The fourth-order valence-corrected chi connectivity index (χ4v) is 2.29. The lowest BCUT2D eigenvalue weighted by atomic mass is 10.0. The van der Waals surface area contributed by atoms with Crippen LogP contribution in [0.5, 0.6) is 0 Å². The van der Waals surface area contributed by atoms with Gasteiger partial charge in [-0.05, 0) is 18.8 Å². The molecule has 1 aliphatic rings. The summed E-state index contributed by atoms with van der Waals surface area (Å²) < 4.78 is 29.1. The van der Waals surface area contributed by atoms with Gasteiger partial charge in [0.1, 0.15) is 0 Å². The number of primary sulfonamides is 1. The lowest BCUT2D eigenvalue weighted by molar-refractivity contribution is 0.0612. The smallest absolute Gasteiger partial charge is 0.257 e. The molecule has 2 heterocycles. The van der Waals surface area contributed by atoms with Crippen molar-refractivity contribution in [2.24, 2.45) is 11.1 Å². The minimum absolute atomic E-state index is 0.0699. The number of sulfonamides is 1. The molecule has 1 aromatic rings. The topological polar surface area (TPSA) is 87.2 Å². The Morgan fingerprint density at radius 1 is 1.50 bits per heavy atom. The van der Waals surface area contributed by atoms with Crippen LogP contribution in [0.4, 0.5) is 0 Å². The van der Waals surface area contributed by atoms with Gasteiger partial charge in [0.15, 0.2) is 5.03 Å². The van der Waals surface area contributed by atoms with Gasteiger partial charge in [-0.1, -0.05) is 0 Å². The fourth-order valence-electron chi connectivity index (χ4n) is 1.81. The van der Waals surface area contributed by atoms with E-state index in [-0.39, 0.29) is 5.03 Å². The second-order valence-electron chi connectivity index (χ2n) is 4.01. The highest BCUT2D eigenvalue weighted by molar-refractivity contribution is 7.89. The van der Waals surface area contributed by atoms with Crippen LogP contribution in [0, 0.1) is 5.92 Å². The van der Waals surface area contributed by atoms with E-state index in [0.717, 1.165) is 32.6 Å². The van der Waals surface area contributed by atoms with Crippen molar-refractivity contribution in [2.45, 2.75) is 24.4 Å². The molecule has 0 spiro atoms. The standard InChI is InChI=1S/C9H15N3O3S/c10-16(13,14)9-6-12(7-11-9)5-8-1-3-15-4-2-8/h6-8H,1-5H2,(H2,10,13,14). The fraction of sp³-hybridized carbons (Fsp3) is 0.667. The van der Waals surface area contributed by atoms with E-state index in [1.807, 2.05) is 0 Å². The molecule has 0 radical (unpaired) electrons. The van der Waals surface area contributed by atoms with Gasteiger partial charge in [-0.15, -0.1) is 0 Å². The number of rotatable bonds is 3. The Kier molecular flexibility index (Phi) is 3.27. The average molecular weight is 245 g/mol. The molecule has 1 aliphatic heterocycles. The Balaban J connectivity index is 2.02. The van der Waals surface area contributed by atoms with E-state index < -0.39 is 10.0 Å². The van der Waals surface area contributed by atoms with E-state index in [0.29, 0.717) is 5.92 Å². The molecule has 0 atom stereocenters. The second kappa shape index (κ2) is 4.52. The van der Waals surface area contributed by atoms with E-state index in [4.69, 9.17) is 9.88 Å². The highest BCUT2D eigenvalue weighted by atomic mass is 32.2. The zero-order chi connectivity index (χ0) is 11.6. The van der Waals surface area contributed by atoms with Gasteiger partial charge >= 0.3 is 0 Å². The van der Waals surface area contributed by atoms with Gasteiger partial charge in [-0.3, -0.25) is 0 Å². The first kappa shape index (κ1) is 11.6. The van der Waals surface area contributed by atoms with Crippen molar-refractivity contribution in [1.82, 2.24) is 9.55 Å². The maximum absolute atomic E-state index is 11.0. The summed E-state index contributed by atoms with van der Waals surface area (Å²) in [5.41, 5.74) is 0. The normalized spacial score (nSPS) is 18.8. The van der Waals surface area contributed by atoms with Crippen LogP contribution < -0.4 is 5.14 Å². The summed E-state index contributed by atoms with van der Waals surface area (Å²) >= 11 is 0. The minimum Gasteiger partial charge on any atom is -0.381 e. The summed E-state index contributed by atoms with van der Waals surface area (Å²) in [7, 11) is -3.68. The zero-order valence-electron chi connectivity index (χ0n) is 8.87. The van der Waals surface area contributed by atoms with E-state index in [1.165, 1.54) is 12.5 Å². The number of nitrogens with two attached hydrogens (primary N) is 1. The van der Waals surface area contributed by atoms with Crippen molar-refractivity contribution in [3.63, 3.8) is 0 Å². The highest BCUT2D eigenvalue weighted by Gasteiger charge is 2.16. The molecule has 6 nitrogen and oxygen atoms in total. The van der Waals surface area contributed by atoms with Crippen molar-refractivity contribution in [2.75, 3.05) is 13.2 Å². The third-order valence-electron chi connectivity index (χ3n) is 2.71. The number of imidazole rings is 1. The Morgan fingerprint density at radius 2 is 2.19 bits per heavy atom. The number of hydrogen-bond acceptors (Lipinski definition) is 4. The molecule has 7 heteroatoms. The van der Waals surface area contributed by atoms with E-state index in [1.54, 1.807) is 4.57 Å². The maximum atomic E-state index is 11.0. The molecule has 90 valence electrons. The number of nitrogens with zero attached hydrogens (tertiary/aromatic N) is 2. The quantitative estimate of drug-likeness (QED) is 0.809. The van der Waals surface area contributed by atoms with Crippen LogP contribution in [0.2, 0.25) is 0 Å². The first-order valence-corrected chi connectivity index (χ1v) is 6.72. The van der Waals surface area contributed by atoms with Crippen molar-refractivity contribution in [1.29, 1.82) is 0 Å². The lowest BCUT2D eigenvalue weighted by Gasteiger charge is -2.21. The van der Waals surface area contributed by atoms with Gasteiger partial charge in [-0.2, -0.15) is 0 Å². The minimum atomic E-state index is -3.68. The lowest BCUT2D eigenvalue weighted by Crippen LogP contribution is -2.19. The van der Waals surface area contributed by atoms with Crippen LogP contribution in [-0.4, -0.2) is 31.2 Å². The van der Waals surface area contributed by atoms with E-state index in [2.05, 4.69) is 4.98 Å². The summed E-state index contributed by atoms with van der Waals surface area (Å²) in [5, 5.41) is 4.91. The summed E-state index contributed by atoms with van der Waals surface area (Å²) in [6.07, 6.45) is 4.99. The predicted octanol–water partition coefficient (Wildman–Crippen LogP) is -0.0429. The molecule has 1 fully saturated rings. The van der Waals surface area contributed by atoms with E-state index >= 15 is 0 Å². The summed E-state index contributed by atoms with van der Waals surface area (Å²) in [5.74, 6) is 0.524. The third-order valence-corrected chi connectivity index (χ3v) is 3.50. The van der Waals surface area contributed by atoms with Crippen LogP contribution >= 0.6 is 0 Å². The molecule has 0 bridgehead atoms. The van der Waals surface area contributed by atoms with Crippen LogP contribution in [0.1, 0.15) is 12.8 Å². The molecule has 0 aromatic carbocycles. The zero-order valence-corrected chi connectivity index (χ0v) is 9.69. The molecule has 0 saturated carbocycles. The van der Waals surface area contributed by atoms with Crippen molar-refractivity contribution in [3.8, 4) is 0 Å². The van der Waals surface area contributed by atoms with Crippen LogP contribution in [0.15, 0.2) is 17.6 Å². The molecule has 1 saturated heterocycles. The summed E-state index contributed by atoms with van der Waals surface area (Å²) in [6.45, 7) is 2.33. The van der Waals surface area contributed by atoms with Crippen LogP contribution in [-0.2, 0) is 21.3 Å². The molecule has 2 rings (SSSR count). The molecule has 16 heavy (non-hydrogen) atoms. The first-order valence-electron chi connectivity index (χ1n) is 5.18. The predicted molar refractivity (Wildman–Crippen MR) is 57.1 cm³/mol. The van der Waals surface area contributed by atoms with Gasteiger partial charge in [-0.25, -0.2) is 18.5 Å². The summed E-state index contributed by atoms with van der Waals surface area (Å²) in [6, 6.07) is 0. The first-order chi connectivity index (χ1) is 7.55. The number of hydrogen-bond donors (Lipinski definition) is 1. The second-order valence-corrected chi connectivity index (χ2v) is 5.52. The Hall–Kier alpha value is -0.920. The number of aromatic nitrogens is 2. The third kappa shape index (κ3) is 2.81. The van der Waals surface area contributed by atoms with Gasteiger partial charge < -0.3 is 9.30 Å².